The predicted molar refractivity (Wildman–Crippen MR) is 103 cm³/mol. The lowest BCUT2D eigenvalue weighted by molar-refractivity contribution is -0.122. The van der Waals surface area contributed by atoms with Crippen LogP contribution in [0.5, 0.6) is 0 Å². The minimum atomic E-state index is -0.286. The quantitative estimate of drug-likeness (QED) is 0.792. The fourth-order valence-corrected chi connectivity index (χ4v) is 2.71. The van der Waals surface area contributed by atoms with Crippen molar-refractivity contribution in [1.29, 1.82) is 0 Å². The molecular weight excluding hydrogens is 345 g/mol. The smallest absolute Gasteiger partial charge is 0.227 e. The molecule has 0 saturated carbocycles. The number of benzene rings is 1. The minimum absolute atomic E-state index is 0.0143. The van der Waals surface area contributed by atoms with Crippen LogP contribution in [-0.2, 0) is 16.6 Å². The Balaban J connectivity index is 2.00. The lowest BCUT2D eigenvalue weighted by Crippen LogP contribution is -2.31. The molecule has 1 aromatic carbocycles. The van der Waals surface area contributed by atoms with Crippen molar-refractivity contribution in [3.8, 4) is 0 Å². The molecule has 0 saturated heterocycles. The van der Waals surface area contributed by atoms with Crippen LogP contribution in [0, 0.1) is 11.2 Å². The van der Waals surface area contributed by atoms with Gasteiger partial charge in [-0.25, -0.2) is 4.39 Å². The first-order valence-corrected chi connectivity index (χ1v) is 9.32. The van der Waals surface area contributed by atoms with Gasteiger partial charge in [-0.15, -0.1) is 0 Å². The number of nitrogens with zero attached hydrogens (tertiary/aromatic N) is 2. The number of aromatic nitrogens is 2. The Morgan fingerprint density at radius 3 is 2.30 bits per heavy atom. The topological polar surface area (TPSA) is 68.0 Å². The number of nitrogens with one attached hydrogen (secondary N) is 1. The largest absolute Gasteiger partial charge is 0.349 e. The fourth-order valence-electron chi connectivity index (χ4n) is 2.71. The molecule has 1 amide bonds. The van der Waals surface area contributed by atoms with Crippen molar-refractivity contribution in [2.45, 2.75) is 72.3 Å². The van der Waals surface area contributed by atoms with Crippen molar-refractivity contribution in [2.75, 3.05) is 0 Å². The molecule has 1 heterocycles. The molecule has 0 bridgehead atoms. The van der Waals surface area contributed by atoms with Crippen molar-refractivity contribution >= 4 is 5.91 Å². The average molecular weight is 375 g/mol. The van der Waals surface area contributed by atoms with Crippen LogP contribution < -0.4 is 5.32 Å². The third-order valence-electron chi connectivity index (χ3n) is 4.13. The Labute approximate surface area is 160 Å². The molecule has 1 aromatic heterocycles. The molecule has 0 aliphatic rings. The Hall–Kier alpha value is -2.24. The standard InChI is InChI=1S/C21H30FN3O2/c1-20(2,3)13-16(14-7-9-15(22)10-8-14)23-17(26)11-12-18-24-19(25-27-18)21(4,5)6/h7-10,16H,11-13H2,1-6H3,(H,23,26). The van der Waals surface area contributed by atoms with E-state index in [1.54, 1.807) is 12.1 Å². The fraction of sp³-hybridized carbons (Fsp3) is 0.571. The zero-order valence-electron chi connectivity index (χ0n) is 17.1. The summed E-state index contributed by atoms with van der Waals surface area (Å²) in [5, 5.41) is 7.04. The van der Waals surface area contributed by atoms with Gasteiger partial charge in [-0.3, -0.25) is 4.79 Å². The number of hydrogen-bond donors (Lipinski definition) is 1. The van der Waals surface area contributed by atoms with Crippen LogP contribution in [0.25, 0.3) is 0 Å². The molecule has 0 aliphatic carbocycles. The van der Waals surface area contributed by atoms with Crippen LogP contribution in [0.4, 0.5) is 4.39 Å². The zero-order chi connectivity index (χ0) is 20.2. The molecule has 2 rings (SSSR count). The maximum atomic E-state index is 13.2. The van der Waals surface area contributed by atoms with Crippen molar-refractivity contribution in [3.63, 3.8) is 0 Å². The molecule has 0 fully saturated rings. The molecule has 27 heavy (non-hydrogen) atoms. The lowest BCUT2D eigenvalue weighted by atomic mass is 9.85. The van der Waals surface area contributed by atoms with Crippen molar-refractivity contribution in [1.82, 2.24) is 15.5 Å². The maximum absolute atomic E-state index is 13.2. The summed E-state index contributed by atoms with van der Waals surface area (Å²) in [6.45, 7) is 12.4. The Morgan fingerprint density at radius 2 is 1.78 bits per heavy atom. The molecule has 1 unspecified atom stereocenters. The maximum Gasteiger partial charge on any atom is 0.227 e. The highest BCUT2D eigenvalue weighted by atomic mass is 19.1. The Morgan fingerprint density at radius 1 is 1.15 bits per heavy atom. The number of amides is 1. The first-order valence-electron chi connectivity index (χ1n) is 9.32. The van der Waals surface area contributed by atoms with E-state index >= 15 is 0 Å². The number of aryl methyl sites for hydroxylation is 1. The van der Waals surface area contributed by atoms with Gasteiger partial charge in [-0.05, 0) is 29.5 Å². The van der Waals surface area contributed by atoms with E-state index in [0.29, 0.717) is 18.1 Å². The predicted octanol–water partition coefficient (Wildman–Crippen LogP) is 4.73. The molecule has 1 N–H and O–H groups in total. The molecule has 0 radical (unpaired) electrons. The second-order valence-electron chi connectivity index (χ2n) is 9.20. The first-order chi connectivity index (χ1) is 12.4. The summed E-state index contributed by atoms with van der Waals surface area (Å²) in [7, 11) is 0. The summed E-state index contributed by atoms with van der Waals surface area (Å²) in [5.41, 5.74) is 0.720. The monoisotopic (exact) mass is 375 g/mol. The van der Waals surface area contributed by atoms with Crippen molar-refractivity contribution in [3.05, 3.63) is 47.4 Å². The van der Waals surface area contributed by atoms with E-state index in [4.69, 9.17) is 4.52 Å². The van der Waals surface area contributed by atoms with Crippen LogP contribution in [-0.4, -0.2) is 16.0 Å². The second-order valence-corrected chi connectivity index (χ2v) is 9.20. The Kier molecular flexibility index (Phi) is 6.39. The van der Waals surface area contributed by atoms with E-state index in [1.807, 2.05) is 20.8 Å². The highest BCUT2D eigenvalue weighted by molar-refractivity contribution is 5.76. The second kappa shape index (κ2) is 8.19. The molecule has 1 atom stereocenters. The zero-order valence-corrected chi connectivity index (χ0v) is 17.1. The molecule has 5 nitrogen and oxygen atoms in total. The van der Waals surface area contributed by atoms with Gasteiger partial charge in [0.2, 0.25) is 11.8 Å². The number of halogens is 1. The van der Waals surface area contributed by atoms with E-state index in [2.05, 4.69) is 36.2 Å². The summed E-state index contributed by atoms with van der Waals surface area (Å²) in [6, 6.07) is 6.11. The summed E-state index contributed by atoms with van der Waals surface area (Å²) in [5.74, 6) is 0.716. The van der Waals surface area contributed by atoms with Crippen LogP contribution in [0.3, 0.4) is 0 Å². The van der Waals surface area contributed by atoms with Gasteiger partial charge in [0.1, 0.15) is 5.82 Å². The van der Waals surface area contributed by atoms with Crippen LogP contribution >= 0.6 is 0 Å². The van der Waals surface area contributed by atoms with Crippen LogP contribution in [0.15, 0.2) is 28.8 Å². The number of carbonyl (C=O) groups is 1. The SMILES string of the molecule is CC(C)(C)CC(NC(=O)CCc1nc(C(C)(C)C)no1)c1ccc(F)cc1. The van der Waals surface area contributed by atoms with E-state index in [0.717, 1.165) is 12.0 Å². The number of hydrogen-bond acceptors (Lipinski definition) is 4. The van der Waals surface area contributed by atoms with E-state index in [9.17, 15) is 9.18 Å². The first kappa shape index (κ1) is 21.1. The van der Waals surface area contributed by atoms with Gasteiger partial charge in [-0.2, -0.15) is 4.98 Å². The molecular formula is C21H30FN3O2. The number of rotatable bonds is 6. The van der Waals surface area contributed by atoms with Gasteiger partial charge < -0.3 is 9.84 Å². The van der Waals surface area contributed by atoms with Crippen LogP contribution in [0.2, 0.25) is 0 Å². The van der Waals surface area contributed by atoms with Gasteiger partial charge in [0.15, 0.2) is 5.82 Å². The van der Waals surface area contributed by atoms with Gasteiger partial charge in [0, 0.05) is 18.3 Å². The van der Waals surface area contributed by atoms with Gasteiger partial charge in [-0.1, -0.05) is 58.8 Å². The molecule has 0 aliphatic heterocycles. The van der Waals surface area contributed by atoms with Crippen LogP contribution in [0.1, 0.15) is 77.7 Å². The van der Waals surface area contributed by atoms with Crippen molar-refractivity contribution in [2.24, 2.45) is 5.41 Å². The average Bonchev–Trinajstić information content (AvgIpc) is 3.01. The summed E-state index contributed by atoms with van der Waals surface area (Å²) < 4.78 is 18.5. The summed E-state index contributed by atoms with van der Waals surface area (Å²) >= 11 is 0. The minimum Gasteiger partial charge on any atom is -0.349 e. The third kappa shape index (κ3) is 6.77. The van der Waals surface area contributed by atoms with E-state index < -0.39 is 0 Å². The molecule has 6 heteroatoms. The van der Waals surface area contributed by atoms with Gasteiger partial charge >= 0.3 is 0 Å². The number of carbonyl (C=O) groups excluding carboxylic acids is 1. The molecule has 2 aromatic rings. The van der Waals surface area contributed by atoms with E-state index in [1.165, 1.54) is 12.1 Å². The molecule has 148 valence electrons. The highest BCUT2D eigenvalue weighted by Gasteiger charge is 2.23. The normalized spacial score (nSPS) is 13.4. The Bertz CT molecular complexity index is 755. The van der Waals surface area contributed by atoms with Crippen molar-refractivity contribution < 1.29 is 13.7 Å². The highest BCUT2D eigenvalue weighted by Crippen LogP contribution is 2.29. The van der Waals surface area contributed by atoms with Gasteiger partial charge in [0.05, 0.1) is 6.04 Å². The van der Waals surface area contributed by atoms with Gasteiger partial charge in [0.25, 0.3) is 0 Å². The lowest BCUT2D eigenvalue weighted by Gasteiger charge is -2.27. The molecule has 0 spiro atoms. The summed E-state index contributed by atoms with van der Waals surface area (Å²) in [6.07, 6.45) is 1.40. The summed E-state index contributed by atoms with van der Waals surface area (Å²) in [4.78, 5) is 16.8. The third-order valence-corrected chi connectivity index (χ3v) is 4.13. The van der Waals surface area contributed by atoms with E-state index in [-0.39, 0.29) is 35.0 Å².